The van der Waals surface area contributed by atoms with Crippen LogP contribution in [0.25, 0.3) is 0 Å². The Morgan fingerprint density at radius 3 is 2.79 bits per heavy atom. The van der Waals surface area contributed by atoms with E-state index in [1.807, 2.05) is 18.2 Å². The second-order valence-electron chi connectivity index (χ2n) is 3.85. The average molecular weight is 290 g/mol. The number of hydrogen-bond donors (Lipinski definition) is 1. The predicted octanol–water partition coefficient (Wildman–Crippen LogP) is 0.833. The van der Waals surface area contributed by atoms with Gasteiger partial charge in [0, 0.05) is 53.3 Å². The molecule has 0 saturated heterocycles. The van der Waals surface area contributed by atoms with Crippen molar-refractivity contribution in [1.82, 2.24) is 4.90 Å². The summed E-state index contributed by atoms with van der Waals surface area (Å²) in [4.78, 5) is 24.6. The van der Waals surface area contributed by atoms with Crippen molar-refractivity contribution in [1.29, 1.82) is 0 Å². The van der Waals surface area contributed by atoms with E-state index < -0.39 is 11.9 Å². The second kappa shape index (κ2) is 7.19. The first-order valence-corrected chi connectivity index (χ1v) is 6.42. The summed E-state index contributed by atoms with van der Waals surface area (Å²) in [6, 6.07) is 5.64. The summed E-state index contributed by atoms with van der Waals surface area (Å²) in [5.74, 6) is -0.866. The SMILES string of the molecule is COc1ccc2c(c1)CN(C(=O)C(=O)O)CCS2.[Na]. The van der Waals surface area contributed by atoms with Gasteiger partial charge in [-0.15, -0.1) is 11.8 Å². The molecule has 1 aliphatic rings. The summed E-state index contributed by atoms with van der Waals surface area (Å²) in [5, 5.41) is 8.75. The van der Waals surface area contributed by atoms with E-state index in [-0.39, 0.29) is 29.6 Å². The Morgan fingerprint density at radius 2 is 2.16 bits per heavy atom. The number of benzene rings is 1. The summed E-state index contributed by atoms with van der Waals surface area (Å²) >= 11 is 1.62. The molecule has 0 saturated carbocycles. The molecule has 97 valence electrons. The molecule has 0 spiro atoms. The van der Waals surface area contributed by atoms with Crippen molar-refractivity contribution in [2.45, 2.75) is 11.4 Å². The van der Waals surface area contributed by atoms with E-state index in [1.54, 1.807) is 18.9 Å². The third-order valence-corrected chi connectivity index (χ3v) is 3.81. The Labute approximate surface area is 137 Å². The molecule has 0 fully saturated rings. The second-order valence-corrected chi connectivity index (χ2v) is 4.99. The Balaban J connectivity index is 0.00000180. The Bertz CT molecular complexity index is 495. The van der Waals surface area contributed by atoms with Crippen molar-refractivity contribution < 1.29 is 19.4 Å². The van der Waals surface area contributed by atoms with Crippen LogP contribution >= 0.6 is 11.8 Å². The number of hydrogen-bond acceptors (Lipinski definition) is 4. The Kier molecular flexibility index (Phi) is 6.19. The number of methoxy groups -OCH3 is 1. The van der Waals surface area contributed by atoms with Crippen molar-refractivity contribution >= 4 is 53.2 Å². The summed E-state index contributed by atoms with van der Waals surface area (Å²) < 4.78 is 5.14. The van der Waals surface area contributed by atoms with Crippen LogP contribution in [-0.4, -0.2) is 70.8 Å². The first-order valence-electron chi connectivity index (χ1n) is 5.43. The number of rotatable bonds is 1. The molecule has 0 aromatic heterocycles. The van der Waals surface area contributed by atoms with Crippen molar-refractivity contribution in [2.75, 3.05) is 19.4 Å². The first kappa shape index (κ1) is 16.4. The summed E-state index contributed by atoms with van der Waals surface area (Å²) in [7, 11) is 1.58. The van der Waals surface area contributed by atoms with Crippen LogP contribution in [0.2, 0.25) is 0 Å². The minimum Gasteiger partial charge on any atom is -0.497 e. The van der Waals surface area contributed by atoms with Gasteiger partial charge in [0.25, 0.3) is 0 Å². The zero-order valence-electron chi connectivity index (χ0n) is 10.9. The normalized spacial score (nSPS) is 13.8. The maximum absolute atomic E-state index is 11.5. The standard InChI is InChI=1S/C12H13NO4S.Na/c1-17-9-2-3-10-8(6-9)7-13(4-5-18-10)11(14)12(15)16;/h2-3,6H,4-5,7H2,1H3,(H,15,16);. The molecular formula is C12H13NNaO4S. The van der Waals surface area contributed by atoms with Gasteiger partial charge in [-0.25, -0.2) is 4.79 Å². The van der Waals surface area contributed by atoms with Gasteiger partial charge >= 0.3 is 11.9 Å². The molecule has 19 heavy (non-hydrogen) atoms. The number of ether oxygens (including phenoxy) is 1. The van der Waals surface area contributed by atoms with Crippen molar-refractivity contribution in [3.05, 3.63) is 23.8 Å². The van der Waals surface area contributed by atoms with Crippen LogP contribution in [-0.2, 0) is 16.1 Å². The van der Waals surface area contributed by atoms with Gasteiger partial charge in [-0.1, -0.05) is 0 Å². The van der Waals surface area contributed by atoms with E-state index in [9.17, 15) is 9.59 Å². The quantitative estimate of drug-likeness (QED) is 0.613. The number of nitrogens with zero attached hydrogens (tertiary/aromatic N) is 1. The topological polar surface area (TPSA) is 66.8 Å². The van der Waals surface area contributed by atoms with E-state index >= 15 is 0 Å². The monoisotopic (exact) mass is 290 g/mol. The van der Waals surface area contributed by atoms with Crippen LogP contribution in [0.1, 0.15) is 5.56 Å². The average Bonchev–Trinajstić information content (AvgIpc) is 2.58. The third-order valence-electron chi connectivity index (χ3n) is 2.72. The molecule has 2 rings (SSSR count). The van der Waals surface area contributed by atoms with Gasteiger partial charge in [0.15, 0.2) is 0 Å². The predicted molar refractivity (Wildman–Crippen MR) is 72.5 cm³/mol. The van der Waals surface area contributed by atoms with Crippen molar-refractivity contribution in [3.63, 3.8) is 0 Å². The molecule has 1 aromatic carbocycles. The van der Waals surface area contributed by atoms with Crippen LogP contribution < -0.4 is 4.74 Å². The molecule has 7 heteroatoms. The van der Waals surface area contributed by atoms with Gasteiger partial charge in [-0.3, -0.25) is 4.79 Å². The molecule has 1 heterocycles. The molecule has 1 radical (unpaired) electrons. The molecule has 0 bridgehead atoms. The van der Waals surface area contributed by atoms with Gasteiger partial charge in [-0.05, 0) is 23.8 Å². The van der Waals surface area contributed by atoms with Crippen LogP contribution in [0, 0.1) is 0 Å². The van der Waals surface area contributed by atoms with Gasteiger partial charge in [0.1, 0.15) is 5.75 Å². The van der Waals surface area contributed by atoms with Gasteiger partial charge < -0.3 is 14.7 Å². The minimum atomic E-state index is -1.41. The van der Waals surface area contributed by atoms with Gasteiger partial charge in [0.2, 0.25) is 0 Å². The smallest absolute Gasteiger partial charge is 0.394 e. The maximum Gasteiger partial charge on any atom is 0.394 e. The number of amides is 1. The molecule has 0 aliphatic carbocycles. The zero-order valence-corrected chi connectivity index (χ0v) is 13.7. The maximum atomic E-state index is 11.5. The number of carbonyl (C=O) groups excluding carboxylic acids is 1. The molecule has 1 amide bonds. The summed E-state index contributed by atoms with van der Waals surface area (Å²) in [5.41, 5.74) is 0.923. The Morgan fingerprint density at radius 1 is 1.42 bits per heavy atom. The summed E-state index contributed by atoms with van der Waals surface area (Å²) in [6.45, 7) is 0.747. The van der Waals surface area contributed by atoms with Gasteiger partial charge in [0.05, 0.1) is 7.11 Å². The Hall–Kier alpha value is -0.690. The van der Waals surface area contributed by atoms with E-state index in [4.69, 9.17) is 9.84 Å². The van der Waals surface area contributed by atoms with Crippen LogP contribution in [0.3, 0.4) is 0 Å². The van der Waals surface area contributed by atoms with Crippen LogP contribution in [0.15, 0.2) is 23.1 Å². The zero-order chi connectivity index (χ0) is 13.1. The van der Waals surface area contributed by atoms with E-state index in [2.05, 4.69) is 0 Å². The molecule has 5 nitrogen and oxygen atoms in total. The fourth-order valence-corrected chi connectivity index (χ4v) is 2.81. The number of carbonyl (C=O) groups is 2. The fourth-order valence-electron chi connectivity index (χ4n) is 1.81. The van der Waals surface area contributed by atoms with E-state index in [0.29, 0.717) is 24.6 Å². The molecule has 1 aliphatic heterocycles. The number of carboxylic acid groups (broad SMARTS) is 1. The van der Waals surface area contributed by atoms with Crippen molar-refractivity contribution in [3.8, 4) is 5.75 Å². The number of aliphatic carboxylic acids is 1. The van der Waals surface area contributed by atoms with Crippen LogP contribution in [0.4, 0.5) is 0 Å². The molecule has 0 atom stereocenters. The van der Waals surface area contributed by atoms with Gasteiger partial charge in [-0.2, -0.15) is 0 Å². The number of carboxylic acids is 1. The van der Waals surface area contributed by atoms with E-state index in [1.165, 1.54) is 4.90 Å². The number of fused-ring (bicyclic) bond motifs is 1. The number of thioether (sulfide) groups is 1. The van der Waals surface area contributed by atoms with Crippen LogP contribution in [0.5, 0.6) is 5.75 Å². The summed E-state index contributed by atoms with van der Waals surface area (Å²) in [6.07, 6.45) is 0. The molecule has 0 unspecified atom stereocenters. The first-order chi connectivity index (χ1) is 8.61. The largest absolute Gasteiger partial charge is 0.497 e. The fraction of sp³-hybridized carbons (Fsp3) is 0.333. The van der Waals surface area contributed by atoms with E-state index in [0.717, 1.165) is 10.5 Å². The minimum absolute atomic E-state index is 0. The third kappa shape index (κ3) is 3.89. The molecular weight excluding hydrogens is 277 g/mol. The molecule has 1 aromatic rings. The molecule has 1 N–H and O–H groups in total. The van der Waals surface area contributed by atoms with Crippen molar-refractivity contribution in [2.24, 2.45) is 0 Å².